The number of carbonyl (C=O) groups is 3. The third-order valence-electron chi connectivity index (χ3n) is 6.63. The molecule has 0 N–H and O–H groups in total. The van der Waals surface area contributed by atoms with Crippen LogP contribution in [0.25, 0.3) is 0 Å². The first-order valence-electron chi connectivity index (χ1n) is 12.0. The summed E-state index contributed by atoms with van der Waals surface area (Å²) in [7, 11) is 1.97. The van der Waals surface area contributed by atoms with Gasteiger partial charge in [-0.25, -0.2) is 32.2 Å². The summed E-state index contributed by atoms with van der Waals surface area (Å²) in [6, 6.07) is 1.69. The van der Waals surface area contributed by atoms with Crippen molar-refractivity contribution < 1.29 is 41.5 Å². The number of anilines is 2. The minimum Gasteiger partial charge on any atom is -0.444 e. The predicted octanol–water partition coefficient (Wildman–Crippen LogP) is 2.33. The summed E-state index contributed by atoms with van der Waals surface area (Å²) in [5.74, 6) is -3.10. The van der Waals surface area contributed by atoms with Crippen molar-refractivity contribution in [1.82, 2.24) is 14.9 Å². The maximum atomic E-state index is 15.1. The molecule has 3 aliphatic heterocycles. The lowest BCUT2D eigenvalue weighted by molar-refractivity contribution is -0.129. The molecule has 3 aliphatic rings. The average Bonchev–Trinajstić information content (AvgIpc) is 3.06. The van der Waals surface area contributed by atoms with Crippen molar-refractivity contribution in [2.45, 2.75) is 25.4 Å². The number of Topliss-reactive ketones (excluding diaryl/α,β-unsaturated/α-hetero) is 1. The number of cyclic esters (lactones) is 1. The first-order valence-corrected chi connectivity index (χ1v) is 12.0. The third kappa shape index (κ3) is 6.24. The Morgan fingerprint density at radius 3 is 2.35 bits per heavy atom. The number of alkyl halides is 2. The van der Waals surface area contributed by atoms with E-state index in [4.69, 9.17) is 9.57 Å². The first-order chi connectivity index (χ1) is 17.6. The monoisotopic (exact) mass is 531 g/mol. The average molecular weight is 532 g/mol. The molecule has 3 fully saturated rings. The number of ketones is 1. The topological polar surface area (TPSA) is 85.9 Å². The zero-order valence-electron chi connectivity index (χ0n) is 20.4. The van der Waals surface area contributed by atoms with Crippen LogP contribution < -0.4 is 9.80 Å². The van der Waals surface area contributed by atoms with Gasteiger partial charge in [-0.05, 0) is 13.5 Å². The van der Waals surface area contributed by atoms with Crippen LogP contribution in [0, 0.1) is 11.6 Å². The summed E-state index contributed by atoms with van der Waals surface area (Å²) in [6.45, 7) is 2.87. The molecule has 0 aliphatic carbocycles. The number of hydroxylamine groups is 2. The molecule has 3 amide bonds. The van der Waals surface area contributed by atoms with Crippen LogP contribution in [0.4, 0.5) is 38.5 Å². The predicted molar refractivity (Wildman–Crippen MR) is 124 cm³/mol. The van der Waals surface area contributed by atoms with Gasteiger partial charge in [-0.2, -0.15) is 0 Å². The molecular weight excluding hydrogens is 502 g/mol. The molecule has 14 heteroatoms. The van der Waals surface area contributed by atoms with Crippen LogP contribution in [-0.2, 0) is 14.4 Å². The molecule has 0 radical (unpaired) electrons. The van der Waals surface area contributed by atoms with Crippen molar-refractivity contribution >= 4 is 29.3 Å². The number of halogens is 4. The van der Waals surface area contributed by atoms with Gasteiger partial charge in [0.25, 0.3) is 6.43 Å². The van der Waals surface area contributed by atoms with Crippen molar-refractivity contribution in [2.24, 2.45) is 0 Å². The van der Waals surface area contributed by atoms with Crippen LogP contribution in [0.15, 0.2) is 12.1 Å². The molecule has 3 heterocycles. The molecule has 0 unspecified atom stereocenters. The fourth-order valence-electron chi connectivity index (χ4n) is 4.48. The van der Waals surface area contributed by atoms with E-state index in [1.54, 1.807) is 4.90 Å². The second kappa shape index (κ2) is 11.5. The Labute approximate surface area is 211 Å². The number of hydrogen-bond donors (Lipinski definition) is 0. The highest BCUT2D eigenvalue weighted by Gasteiger charge is 2.35. The van der Waals surface area contributed by atoms with E-state index >= 15 is 8.78 Å². The molecule has 4 rings (SSSR count). The Bertz CT molecular complexity index is 1000. The van der Waals surface area contributed by atoms with Crippen LogP contribution >= 0.6 is 0 Å². The van der Waals surface area contributed by atoms with Crippen LogP contribution in [-0.4, -0.2) is 111 Å². The Hall–Kier alpha value is -3.13. The molecular formula is C23H29F4N5O5. The zero-order valence-corrected chi connectivity index (χ0v) is 20.4. The molecule has 1 aromatic carbocycles. The van der Waals surface area contributed by atoms with E-state index in [1.165, 1.54) is 9.96 Å². The number of urea groups is 1. The molecule has 0 spiro atoms. The number of amides is 3. The lowest BCUT2D eigenvalue weighted by atomic mass is 10.1. The van der Waals surface area contributed by atoms with Crippen LogP contribution in [0.1, 0.15) is 12.8 Å². The number of nitrogens with zero attached hydrogens (tertiary/aromatic N) is 5. The van der Waals surface area contributed by atoms with Crippen LogP contribution in [0.5, 0.6) is 0 Å². The van der Waals surface area contributed by atoms with Crippen LogP contribution in [0.2, 0.25) is 0 Å². The molecule has 204 valence electrons. The number of benzene rings is 1. The van der Waals surface area contributed by atoms with Gasteiger partial charge in [0.2, 0.25) is 0 Å². The lowest BCUT2D eigenvalue weighted by Crippen LogP contribution is -2.52. The SMILES string of the molecule is CN1CCN(C(=O)N2CCN(c3c(F)cc(N4C[C@H](CCC(=O)C(F)F)OC4=O)cc3F)CCO2)CC1. The molecule has 0 aromatic heterocycles. The minimum absolute atomic E-state index is 0.0393. The second-order valence-electron chi connectivity index (χ2n) is 9.18. The van der Waals surface area contributed by atoms with Gasteiger partial charge in [0, 0.05) is 57.8 Å². The summed E-state index contributed by atoms with van der Waals surface area (Å²) in [5, 5.41) is 1.22. The van der Waals surface area contributed by atoms with Gasteiger partial charge >= 0.3 is 12.1 Å². The molecule has 3 saturated heterocycles. The quantitative estimate of drug-likeness (QED) is 0.521. The van der Waals surface area contributed by atoms with Gasteiger partial charge in [0.15, 0.2) is 17.4 Å². The molecule has 1 aromatic rings. The summed E-state index contributed by atoms with van der Waals surface area (Å²) < 4.78 is 60.1. The molecule has 0 bridgehead atoms. The van der Waals surface area contributed by atoms with Gasteiger partial charge < -0.3 is 19.4 Å². The first kappa shape index (κ1) is 26.9. The summed E-state index contributed by atoms with van der Waals surface area (Å²) >= 11 is 0. The fourth-order valence-corrected chi connectivity index (χ4v) is 4.48. The normalized spacial score (nSPS) is 21.5. The lowest BCUT2D eigenvalue weighted by Gasteiger charge is -2.35. The van der Waals surface area contributed by atoms with Gasteiger partial charge in [0.05, 0.1) is 25.4 Å². The van der Waals surface area contributed by atoms with Gasteiger partial charge in [-0.1, -0.05) is 0 Å². The molecule has 37 heavy (non-hydrogen) atoms. The number of rotatable bonds is 6. The van der Waals surface area contributed by atoms with Crippen molar-refractivity contribution in [3.63, 3.8) is 0 Å². The number of likely N-dealkylation sites (N-methyl/N-ethyl adjacent to an activating group) is 1. The Morgan fingerprint density at radius 2 is 1.70 bits per heavy atom. The van der Waals surface area contributed by atoms with Gasteiger partial charge in [-0.15, -0.1) is 0 Å². The molecule has 1 atom stereocenters. The summed E-state index contributed by atoms with van der Waals surface area (Å²) in [5.41, 5.74) is -0.405. The van der Waals surface area contributed by atoms with Crippen molar-refractivity contribution in [2.75, 3.05) is 75.8 Å². The van der Waals surface area contributed by atoms with Gasteiger partial charge in [-0.3, -0.25) is 14.5 Å². The standard InChI is InChI=1S/C23H29F4N5O5/c1-28-4-6-30(7-5-28)22(34)32-9-8-29(10-11-36-32)20-17(24)12-15(13-18(20)25)31-14-16(37-23(31)35)2-3-19(33)21(26)27/h12-13,16,21H,2-11,14H2,1H3/t16-/m0/s1. The Balaban J connectivity index is 1.39. The highest BCUT2D eigenvalue weighted by atomic mass is 19.3. The van der Waals surface area contributed by atoms with Crippen molar-refractivity contribution in [3.05, 3.63) is 23.8 Å². The third-order valence-corrected chi connectivity index (χ3v) is 6.63. The Morgan fingerprint density at radius 1 is 1.03 bits per heavy atom. The van der Waals surface area contributed by atoms with E-state index in [2.05, 4.69) is 4.90 Å². The number of piperazine rings is 1. The molecule has 0 saturated carbocycles. The summed E-state index contributed by atoms with van der Waals surface area (Å²) in [6.07, 6.45) is -5.44. The number of carbonyl (C=O) groups excluding carboxylic acids is 3. The largest absolute Gasteiger partial charge is 0.444 e. The van der Waals surface area contributed by atoms with E-state index in [9.17, 15) is 23.2 Å². The Kier molecular flexibility index (Phi) is 8.37. The highest BCUT2D eigenvalue weighted by Crippen LogP contribution is 2.32. The zero-order chi connectivity index (χ0) is 26.7. The van der Waals surface area contributed by atoms with E-state index < -0.39 is 42.5 Å². The van der Waals surface area contributed by atoms with Crippen molar-refractivity contribution in [1.29, 1.82) is 0 Å². The summed E-state index contributed by atoms with van der Waals surface area (Å²) in [4.78, 5) is 47.9. The minimum atomic E-state index is -3.11. The number of ether oxygens (including phenoxy) is 1. The van der Waals surface area contributed by atoms with Gasteiger partial charge in [0.1, 0.15) is 11.8 Å². The smallest absolute Gasteiger partial charge is 0.414 e. The van der Waals surface area contributed by atoms with E-state index in [0.717, 1.165) is 30.1 Å². The maximum Gasteiger partial charge on any atom is 0.414 e. The number of hydrogen-bond acceptors (Lipinski definition) is 7. The van der Waals surface area contributed by atoms with E-state index in [0.29, 0.717) is 13.1 Å². The van der Waals surface area contributed by atoms with E-state index in [-0.39, 0.29) is 56.6 Å². The second-order valence-corrected chi connectivity index (χ2v) is 9.18. The van der Waals surface area contributed by atoms with Crippen molar-refractivity contribution in [3.8, 4) is 0 Å². The van der Waals surface area contributed by atoms with Crippen LogP contribution in [0.3, 0.4) is 0 Å². The maximum absolute atomic E-state index is 15.1. The highest BCUT2D eigenvalue weighted by molar-refractivity contribution is 5.90. The molecule has 10 nitrogen and oxygen atoms in total. The fraction of sp³-hybridized carbons (Fsp3) is 0.609. The van der Waals surface area contributed by atoms with E-state index in [1.807, 2.05) is 7.05 Å².